The highest BCUT2D eigenvalue weighted by molar-refractivity contribution is 7.80. The van der Waals surface area contributed by atoms with Gasteiger partial charge in [-0.05, 0) is 55.4 Å². The molecule has 1 heterocycles. The molecule has 26 heavy (non-hydrogen) atoms. The first-order valence-corrected chi connectivity index (χ1v) is 9.41. The van der Waals surface area contributed by atoms with Crippen LogP contribution in [0.4, 0.5) is 5.69 Å². The van der Waals surface area contributed by atoms with Gasteiger partial charge in [-0.15, -0.1) is 0 Å². The van der Waals surface area contributed by atoms with E-state index in [2.05, 4.69) is 42.3 Å². The van der Waals surface area contributed by atoms with E-state index in [1.165, 1.54) is 5.56 Å². The summed E-state index contributed by atoms with van der Waals surface area (Å²) in [7, 11) is 0. The molecule has 1 amide bonds. The fraction of sp³-hybridized carbons (Fsp3) is 0.300. The molecule has 0 atom stereocenters. The lowest BCUT2D eigenvalue weighted by molar-refractivity contribution is 0.0693. The monoisotopic (exact) mass is 387 g/mol. The number of thiocarbonyl (C=S) groups is 1. The van der Waals surface area contributed by atoms with Gasteiger partial charge in [-0.2, -0.15) is 0 Å². The predicted octanol–water partition coefficient (Wildman–Crippen LogP) is 4.11. The summed E-state index contributed by atoms with van der Waals surface area (Å²) in [5.74, 6) is -0.0244. The van der Waals surface area contributed by atoms with Gasteiger partial charge in [-0.25, -0.2) is 0 Å². The number of amides is 1. The summed E-state index contributed by atoms with van der Waals surface area (Å²) in [5, 5.41) is 4.53. The van der Waals surface area contributed by atoms with Crippen LogP contribution in [0.3, 0.4) is 0 Å². The standard InChI is InChI=1S/C20H22ClN3OS/c1-14-7-8-15(2)18(13-14)22-20(26)24-11-9-23(10-12-24)19(25)16-5-3-4-6-17(16)21/h3-8,13H,9-12H2,1-2H3,(H,22,26). The number of benzene rings is 2. The molecule has 0 saturated carbocycles. The second-order valence-corrected chi connectivity index (χ2v) is 7.30. The number of hydrogen-bond donors (Lipinski definition) is 1. The average Bonchev–Trinajstić information content (AvgIpc) is 2.64. The van der Waals surface area contributed by atoms with Crippen molar-refractivity contribution in [1.29, 1.82) is 0 Å². The molecule has 0 radical (unpaired) electrons. The molecule has 3 rings (SSSR count). The van der Waals surface area contributed by atoms with Crippen molar-refractivity contribution in [2.24, 2.45) is 0 Å². The van der Waals surface area contributed by atoms with Crippen LogP contribution in [0.2, 0.25) is 5.02 Å². The van der Waals surface area contributed by atoms with E-state index < -0.39 is 0 Å². The van der Waals surface area contributed by atoms with Crippen LogP contribution < -0.4 is 5.32 Å². The Hall–Kier alpha value is -2.11. The highest BCUT2D eigenvalue weighted by Crippen LogP contribution is 2.20. The lowest BCUT2D eigenvalue weighted by atomic mass is 10.1. The Balaban J connectivity index is 1.60. The van der Waals surface area contributed by atoms with Crippen LogP contribution in [0.25, 0.3) is 0 Å². The molecule has 0 aliphatic carbocycles. The first-order chi connectivity index (χ1) is 12.5. The normalized spacial score (nSPS) is 14.3. The zero-order valence-electron chi connectivity index (χ0n) is 15.0. The van der Waals surface area contributed by atoms with Crippen molar-refractivity contribution >= 4 is 40.5 Å². The lowest BCUT2D eigenvalue weighted by Gasteiger charge is -2.36. The van der Waals surface area contributed by atoms with Crippen LogP contribution in [-0.2, 0) is 0 Å². The maximum atomic E-state index is 12.6. The largest absolute Gasteiger partial charge is 0.345 e. The molecule has 1 aliphatic rings. The number of nitrogens with zero attached hydrogens (tertiary/aromatic N) is 2. The van der Waals surface area contributed by atoms with E-state index in [1.54, 1.807) is 12.1 Å². The van der Waals surface area contributed by atoms with Gasteiger partial charge in [0.25, 0.3) is 5.91 Å². The maximum absolute atomic E-state index is 12.6. The van der Waals surface area contributed by atoms with Crippen molar-refractivity contribution in [3.8, 4) is 0 Å². The first-order valence-electron chi connectivity index (χ1n) is 8.62. The number of piperazine rings is 1. The highest BCUT2D eigenvalue weighted by atomic mass is 35.5. The fourth-order valence-corrected chi connectivity index (χ4v) is 3.49. The van der Waals surface area contributed by atoms with E-state index in [0.29, 0.717) is 41.9 Å². The smallest absolute Gasteiger partial charge is 0.255 e. The molecule has 136 valence electrons. The Labute approximate surface area is 164 Å². The van der Waals surface area contributed by atoms with Crippen LogP contribution in [-0.4, -0.2) is 47.0 Å². The van der Waals surface area contributed by atoms with Gasteiger partial charge >= 0.3 is 0 Å². The Morgan fingerprint density at radius 3 is 2.38 bits per heavy atom. The van der Waals surface area contributed by atoms with Gasteiger partial charge in [0.1, 0.15) is 0 Å². The lowest BCUT2D eigenvalue weighted by Crippen LogP contribution is -2.51. The van der Waals surface area contributed by atoms with E-state index in [1.807, 2.05) is 17.0 Å². The third-order valence-corrected chi connectivity index (χ3v) is 5.28. The van der Waals surface area contributed by atoms with Crippen LogP contribution in [0.15, 0.2) is 42.5 Å². The van der Waals surface area contributed by atoms with Gasteiger partial charge in [0.15, 0.2) is 5.11 Å². The highest BCUT2D eigenvalue weighted by Gasteiger charge is 2.24. The molecule has 0 aromatic heterocycles. The SMILES string of the molecule is Cc1ccc(C)c(NC(=S)N2CCN(C(=O)c3ccccc3Cl)CC2)c1. The van der Waals surface area contributed by atoms with Crippen LogP contribution in [0.5, 0.6) is 0 Å². The van der Waals surface area contributed by atoms with Crippen molar-refractivity contribution in [3.05, 3.63) is 64.2 Å². The molecule has 2 aromatic carbocycles. The van der Waals surface area contributed by atoms with Crippen LogP contribution >= 0.6 is 23.8 Å². The molecular formula is C20H22ClN3OS. The minimum Gasteiger partial charge on any atom is -0.345 e. The summed E-state index contributed by atoms with van der Waals surface area (Å²) >= 11 is 11.7. The quantitative estimate of drug-likeness (QED) is 0.786. The third kappa shape index (κ3) is 4.17. The van der Waals surface area contributed by atoms with Crippen molar-refractivity contribution in [3.63, 3.8) is 0 Å². The molecule has 1 fully saturated rings. The number of anilines is 1. The number of rotatable bonds is 2. The Morgan fingerprint density at radius 1 is 1.04 bits per heavy atom. The van der Waals surface area contributed by atoms with Crippen molar-refractivity contribution in [2.45, 2.75) is 13.8 Å². The van der Waals surface area contributed by atoms with E-state index >= 15 is 0 Å². The van der Waals surface area contributed by atoms with Gasteiger partial charge in [0, 0.05) is 31.9 Å². The van der Waals surface area contributed by atoms with Crippen LogP contribution in [0.1, 0.15) is 21.5 Å². The maximum Gasteiger partial charge on any atom is 0.255 e. The van der Waals surface area contributed by atoms with Gasteiger partial charge in [-0.1, -0.05) is 35.9 Å². The van der Waals surface area contributed by atoms with E-state index in [9.17, 15) is 4.79 Å². The number of aryl methyl sites for hydroxylation is 2. The molecule has 2 aromatic rings. The van der Waals surface area contributed by atoms with Crippen molar-refractivity contribution in [1.82, 2.24) is 9.80 Å². The predicted molar refractivity (Wildman–Crippen MR) is 111 cm³/mol. The summed E-state index contributed by atoms with van der Waals surface area (Å²) in [6.45, 7) is 6.77. The van der Waals surface area contributed by atoms with Crippen molar-refractivity contribution < 1.29 is 4.79 Å². The number of carbonyl (C=O) groups is 1. The Bertz CT molecular complexity index is 832. The first kappa shape index (κ1) is 18.7. The second kappa shape index (κ2) is 8.06. The Morgan fingerprint density at radius 2 is 1.69 bits per heavy atom. The molecule has 0 unspecified atom stereocenters. The van der Waals surface area contributed by atoms with E-state index in [-0.39, 0.29) is 5.91 Å². The zero-order chi connectivity index (χ0) is 18.7. The number of nitrogens with one attached hydrogen (secondary N) is 1. The van der Waals surface area contributed by atoms with Gasteiger partial charge < -0.3 is 15.1 Å². The van der Waals surface area contributed by atoms with Crippen molar-refractivity contribution in [2.75, 3.05) is 31.5 Å². The molecular weight excluding hydrogens is 366 g/mol. The van der Waals surface area contributed by atoms with E-state index in [4.69, 9.17) is 23.8 Å². The molecule has 0 bridgehead atoms. The number of carbonyl (C=O) groups excluding carboxylic acids is 1. The summed E-state index contributed by atoms with van der Waals surface area (Å²) in [6, 6.07) is 13.4. The molecule has 4 nitrogen and oxygen atoms in total. The molecule has 1 saturated heterocycles. The van der Waals surface area contributed by atoms with Gasteiger partial charge in [0.2, 0.25) is 0 Å². The van der Waals surface area contributed by atoms with Crippen LogP contribution in [0, 0.1) is 13.8 Å². The molecule has 6 heteroatoms. The minimum absolute atomic E-state index is 0.0244. The third-order valence-electron chi connectivity index (χ3n) is 4.59. The number of hydrogen-bond acceptors (Lipinski definition) is 2. The van der Waals surface area contributed by atoms with Gasteiger partial charge in [-0.3, -0.25) is 4.79 Å². The number of halogens is 1. The van der Waals surface area contributed by atoms with Gasteiger partial charge in [0.05, 0.1) is 10.6 Å². The average molecular weight is 388 g/mol. The Kier molecular flexibility index (Phi) is 5.79. The summed E-state index contributed by atoms with van der Waals surface area (Å²) in [4.78, 5) is 16.6. The summed E-state index contributed by atoms with van der Waals surface area (Å²) < 4.78 is 0. The second-order valence-electron chi connectivity index (χ2n) is 6.51. The molecule has 1 aliphatic heterocycles. The molecule has 0 spiro atoms. The summed E-state index contributed by atoms with van der Waals surface area (Å²) in [5.41, 5.74) is 3.94. The summed E-state index contributed by atoms with van der Waals surface area (Å²) in [6.07, 6.45) is 0. The van der Waals surface area contributed by atoms with E-state index in [0.717, 1.165) is 11.3 Å². The fourth-order valence-electron chi connectivity index (χ4n) is 2.98. The topological polar surface area (TPSA) is 35.6 Å². The zero-order valence-corrected chi connectivity index (χ0v) is 16.5. The molecule has 1 N–H and O–H groups in total. The minimum atomic E-state index is -0.0244.